The van der Waals surface area contributed by atoms with E-state index in [4.69, 9.17) is 23.2 Å². The minimum atomic E-state index is -0.260. The average Bonchev–Trinajstić information content (AvgIpc) is 2.86. The molecule has 0 saturated carbocycles. The maximum absolute atomic E-state index is 11.9. The number of hydrogen-bond donors (Lipinski definition) is 1. The molecule has 0 aliphatic rings. The molecule has 0 spiro atoms. The number of aromatic nitrogens is 2. The lowest BCUT2D eigenvalue weighted by molar-refractivity contribution is -0.111. The molecule has 0 atom stereocenters. The molecule has 2 rings (SSSR count). The molecule has 6 heteroatoms. The Morgan fingerprint density at radius 2 is 2.05 bits per heavy atom. The third-order valence-corrected chi connectivity index (χ3v) is 3.46. The molecular formula is C15H15Cl2N3O. The van der Waals surface area contributed by atoms with Gasteiger partial charge in [0, 0.05) is 34.3 Å². The number of carbonyl (C=O) groups is 1. The topological polar surface area (TPSA) is 46.9 Å². The van der Waals surface area contributed by atoms with E-state index < -0.39 is 0 Å². The molecule has 1 heterocycles. The van der Waals surface area contributed by atoms with Crippen LogP contribution in [-0.4, -0.2) is 15.7 Å². The number of benzene rings is 1. The third kappa shape index (κ3) is 4.09. The highest BCUT2D eigenvalue weighted by Gasteiger charge is 2.05. The molecule has 0 bridgehead atoms. The summed E-state index contributed by atoms with van der Waals surface area (Å²) < 4.78 is 1.74. The van der Waals surface area contributed by atoms with Gasteiger partial charge in [0.1, 0.15) is 5.82 Å². The second kappa shape index (κ2) is 7.29. The van der Waals surface area contributed by atoms with E-state index in [-0.39, 0.29) is 5.91 Å². The Labute approximate surface area is 133 Å². The lowest BCUT2D eigenvalue weighted by Crippen LogP contribution is -2.13. The molecule has 0 fully saturated rings. The molecule has 1 aromatic carbocycles. The van der Waals surface area contributed by atoms with Crippen molar-refractivity contribution in [3.05, 3.63) is 52.1 Å². The van der Waals surface area contributed by atoms with Crippen LogP contribution in [0.25, 0.3) is 6.08 Å². The Hall–Kier alpha value is -1.78. The number of amides is 1. The Balaban J connectivity index is 2.08. The predicted molar refractivity (Wildman–Crippen MR) is 86.6 cm³/mol. The normalized spacial score (nSPS) is 11.0. The van der Waals surface area contributed by atoms with Crippen molar-refractivity contribution in [2.75, 3.05) is 5.32 Å². The first-order valence-corrected chi connectivity index (χ1v) is 7.32. The van der Waals surface area contributed by atoms with E-state index in [1.165, 1.54) is 6.08 Å². The van der Waals surface area contributed by atoms with Crippen molar-refractivity contribution in [3.8, 4) is 0 Å². The van der Waals surface area contributed by atoms with E-state index in [0.29, 0.717) is 21.4 Å². The molecule has 0 aliphatic carbocycles. The predicted octanol–water partition coefficient (Wildman–Crippen LogP) is 4.25. The van der Waals surface area contributed by atoms with Crippen LogP contribution in [0, 0.1) is 0 Å². The van der Waals surface area contributed by atoms with Gasteiger partial charge >= 0.3 is 0 Å². The zero-order valence-corrected chi connectivity index (χ0v) is 13.0. The van der Waals surface area contributed by atoms with Gasteiger partial charge in [0.15, 0.2) is 0 Å². The van der Waals surface area contributed by atoms with Gasteiger partial charge in [-0.1, -0.05) is 36.2 Å². The summed E-state index contributed by atoms with van der Waals surface area (Å²) in [5.74, 6) is 0.403. The van der Waals surface area contributed by atoms with Crippen LogP contribution >= 0.6 is 23.2 Å². The summed E-state index contributed by atoms with van der Waals surface area (Å²) in [6.45, 7) is 2.80. The Morgan fingerprint density at radius 3 is 2.71 bits per heavy atom. The van der Waals surface area contributed by atoms with Crippen LogP contribution in [0.5, 0.6) is 0 Å². The summed E-state index contributed by atoms with van der Waals surface area (Å²) in [6.07, 6.45) is 5.59. The van der Waals surface area contributed by atoms with E-state index >= 15 is 0 Å². The highest BCUT2D eigenvalue weighted by molar-refractivity contribution is 6.37. The Kier molecular flexibility index (Phi) is 5.42. The van der Waals surface area contributed by atoms with Crippen LogP contribution in [-0.2, 0) is 11.3 Å². The fourth-order valence-corrected chi connectivity index (χ4v) is 2.35. The average molecular weight is 324 g/mol. The van der Waals surface area contributed by atoms with Gasteiger partial charge in [-0.2, -0.15) is 5.10 Å². The largest absolute Gasteiger partial charge is 0.307 e. The molecule has 0 saturated heterocycles. The third-order valence-electron chi connectivity index (χ3n) is 2.80. The zero-order chi connectivity index (χ0) is 15.2. The SMILES string of the molecule is CCCn1nccc1NC(=O)/C=C/c1c(Cl)cccc1Cl. The van der Waals surface area contributed by atoms with E-state index in [1.807, 2.05) is 6.92 Å². The fraction of sp³-hybridized carbons (Fsp3) is 0.200. The molecular weight excluding hydrogens is 309 g/mol. The van der Waals surface area contributed by atoms with Gasteiger partial charge in [-0.05, 0) is 24.6 Å². The van der Waals surface area contributed by atoms with Crippen molar-refractivity contribution >= 4 is 41.0 Å². The van der Waals surface area contributed by atoms with E-state index in [1.54, 1.807) is 41.2 Å². The lowest BCUT2D eigenvalue weighted by Gasteiger charge is -2.06. The summed E-state index contributed by atoms with van der Waals surface area (Å²) >= 11 is 12.1. The summed E-state index contributed by atoms with van der Waals surface area (Å²) in [4.78, 5) is 11.9. The Morgan fingerprint density at radius 1 is 1.33 bits per heavy atom. The quantitative estimate of drug-likeness (QED) is 0.836. The minimum absolute atomic E-state index is 0.260. The zero-order valence-electron chi connectivity index (χ0n) is 11.5. The first-order valence-electron chi connectivity index (χ1n) is 6.56. The van der Waals surface area contributed by atoms with Gasteiger partial charge in [-0.3, -0.25) is 4.79 Å². The minimum Gasteiger partial charge on any atom is -0.307 e. The number of nitrogens with zero attached hydrogens (tertiary/aromatic N) is 2. The molecule has 0 aliphatic heterocycles. The molecule has 0 radical (unpaired) electrons. The van der Waals surface area contributed by atoms with Crippen molar-refractivity contribution in [3.63, 3.8) is 0 Å². The fourth-order valence-electron chi connectivity index (χ4n) is 1.83. The van der Waals surface area contributed by atoms with E-state index in [2.05, 4.69) is 10.4 Å². The van der Waals surface area contributed by atoms with Crippen LogP contribution in [0.15, 0.2) is 36.5 Å². The van der Waals surface area contributed by atoms with Crippen molar-refractivity contribution in [2.24, 2.45) is 0 Å². The highest BCUT2D eigenvalue weighted by atomic mass is 35.5. The molecule has 4 nitrogen and oxygen atoms in total. The molecule has 110 valence electrons. The van der Waals surface area contributed by atoms with Crippen LogP contribution in [0.2, 0.25) is 10.0 Å². The monoisotopic (exact) mass is 323 g/mol. The number of anilines is 1. The Bertz CT molecular complexity index is 644. The molecule has 1 aromatic heterocycles. The number of hydrogen-bond acceptors (Lipinski definition) is 2. The van der Waals surface area contributed by atoms with E-state index in [0.717, 1.165) is 13.0 Å². The van der Waals surface area contributed by atoms with Gasteiger partial charge in [0.2, 0.25) is 5.91 Å². The van der Waals surface area contributed by atoms with Gasteiger partial charge in [0.05, 0.1) is 6.20 Å². The van der Waals surface area contributed by atoms with Gasteiger partial charge in [0.25, 0.3) is 0 Å². The summed E-state index contributed by atoms with van der Waals surface area (Å²) in [7, 11) is 0. The van der Waals surface area contributed by atoms with Crippen LogP contribution in [0.1, 0.15) is 18.9 Å². The van der Waals surface area contributed by atoms with Crippen molar-refractivity contribution in [2.45, 2.75) is 19.9 Å². The van der Waals surface area contributed by atoms with Gasteiger partial charge in [-0.25, -0.2) is 4.68 Å². The van der Waals surface area contributed by atoms with E-state index in [9.17, 15) is 4.79 Å². The smallest absolute Gasteiger partial charge is 0.249 e. The molecule has 0 unspecified atom stereocenters. The molecule has 1 N–H and O–H groups in total. The standard InChI is InChI=1S/C15H15Cl2N3O/c1-2-10-20-14(8-9-18-20)19-15(21)7-6-11-12(16)4-3-5-13(11)17/h3-9H,2,10H2,1H3,(H,19,21)/b7-6+. The van der Waals surface area contributed by atoms with Gasteiger partial charge < -0.3 is 5.32 Å². The van der Waals surface area contributed by atoms with Crippen molar-refractivity contribution in [1.82, 2.24) is 9.78 Å². The second-order valence-electron chi connectivity index (χ2n) is 4.40. The number of rotatable bonds is 5. The molecule has 21 heavy (non-hydrogen) atoms. The van der Waals surface area contributed by atoms with Crippen LogP contribution < -0.4 is 5.32 Å². The summed E-state index contributed by atoms with van der Waals surface area (Å²) in [6, 6.07) is 6.96. The highest BCUT2D eigenvalue weighted by Crippen LogP contribution is 2.25. The second-order valence-corrected chi connectivity index (χ2v) is 5.21. The molecule has 1 amide bonds. The first kappa shape index (κ1) is 15.6. The van der Waals surface area contributed by atoms with Crippen LogP contribution in [0.4, 0.5) is 5.82 Å². The number of carbonyl (C=O) groups excluding carboxylic acids is 1. The maximum Gasteiger partial charge on any atom is 0.249 e. The summed E-state index contributed by atoms with van der Waals surface area (Å²) in [5.41, 5.74) is 0.623. The van der Waals surface area contributed by atoms with Crippen LogP contribution in [0.3, 0.4) is 0 Å². The summed E-state index contributed by atoms with van der Waals surface area (Å²) in [5, 5.41) is 7.92. The van der Waals surface area contributed by atoms with Crippen molar-refractivity contribution in [1.29, 1.82) is 0 Å². The molecule has 2 aromatic rings. The number of nitrogens with one attached hydrogen (secondary N) is 1. The lowest BCUT2D eigenvalue weighted by atomic mass is 10.2. The number of halogens is 2. The maximum atomic E-state index is 11.9. The van der Waals surface area contributed by atoms with Gasteiger partial charge in [-0.15, -0.1) is 0 Å². The van der Waals surface area contributed by atoms with Crippen molar-refractivity contribution < 1.29 is 4.79 Å². The number of aryl methyl sites for hydroxylation is 1. The first-order chi connectivity index (χ1) is 10.1.